The summed E-state index contributed by atoms with van der Waals surface area (Å²) in [5, 5.41) is 11.7. The number of methoxy groups -OCH3 is 4. The lowest BCUT2D eigenvalue weighted by Crippen LogP contribution is -2.38. The second-order valence-electron chi connectivity index (χ2n) is 6.81. The van der Waals surface area contributed by atoms with E-state index in [1.165, 1.54) is 28.4 Å². The summed E-state index contributed by atoms with van der Waals surface area (Å²) in [7, 11) is 5.90. The number of hydrogen-bond donors (Lipinski definition) is 3. The monoisotopic (exact) mass is 444 g/mol. The molecule has 0 aliphatic heterocycles. The SMILES string of the molecule is COc1ccc(C=C(C)C(=O)c2cc(OC)c(OC)c(OC)c2)cc1NC(=O)[C@@H](N)CO. The summed E-state index contributed by atoms with van der Waals surface area (Å²) in [6, 6.07) is 7.14. The van der Waals surface area contributed by atoms with Gasteiger partial charge in [-0.3, -0.25) is 9.59 Å². The molecule has 0 unspecified atom stereocenters. The Morgan fingerprint density at radius 2 is 1.59 bits per heavy atom. The Kier molecular flexibility index (Phi) is 8.62. The van der Waals surface area contributed by atoms with Crippen LogP contribution in [0, 0.1) is 0 Å². The van der Waals surface area contributed by atoms with Crippen molar-refractivity contribution in [3.63, 3.8) is 0 Å². The molecule has 0 radical (unpaired) electrons. The van der Waals surface area contributed by atoms with Crippen molar-refractivity contribution >= 4 is 23.5 Å². The van der Waals surface area contributed by atoms with E-state index in [2.05, 4.69) is 5.32 Å². The number of rotatable bonds is 10. The van der Waals surface area contributed by atoms with Gasteiger partial charge in [-0.05, 0) is 48.4 Å². The average molecular weight is 444 g/mol. The minimum absolute atomic E-state index is 0.243. The molecule has 0 aromatic heterocycles. The van der Waals surface area contributed by atoms with Crippen LogP contribution in [0.5, 0.6) is 23.0 Å². The zero-order valence-electron chi connectivity index (χ0n) is 18.7. The van der Waals surface area contributed by atoms with Crippen molar-refractivity contribution in [2.24, 2.45) is 5.73 Å². The average Bonchev–Trinajstić information content (AvgIpc) is 2.81. The van der Waals surface area contributed by atoms with Crippen molar-refractivity contribution in [1.82, 2.24) is 0 Å². The molecule has 2 rings (SSSR count). The second-order valence-corrected chi connectivity index (χ2v) is 6.81. The molecule has 172 valence electrons. The first-order valence-electron chi connectivity index (χ1n) is 9.67. The van der Waals surface area contributed by atoms with Crippen LogP contribution in [0.4, 0.5) is 5.69 Å². The highest BCUT2D eigenvalue weighted by molar-refractivity contribution is 6.11. The first kappa shape index (κ1) is 24.7. The molecule has 0 saturated heterocycles. The zero-order chi connectivity index (χ0) is 23.8. The first-order valence-corrected chi connectivity index (χ1v) is 9.67. The maximum Gasteiger partial charge on any atom is 0.243 e. The molecule has 4 N–H and O–H groups in total. The number of aliphatic hydroxyl groups is 1. The number of ketones is 1. The molecule has 0 heterocycles. The van der Waals surface area contributed by atoms with Crippen LogP contribution in [-0.4, -0.2) is 57.9 Å². The smallest absolute Gasteiger partial charge is 0.243 e. The predicted octanol–water partition coefficient (Wildman–Crippen LogP) is 2.27. The largest absolute Gasteiger partial charge is 0.495 e. The Bertz CT molecular complexity index is 992. The second kappa shape index (κ2) is 11.2. The maximum atomic E-state index is 13.0. The molecule has 32 heavy (non-hydrogen) atoms. The highest BCUT2D eigenvalue weighted by Crippen LogP contribution is 2.38. The molecule has 1 atom stereocenters. The molecular formula is C23H28N2O7. The third-order valence-corrected chi connectivity index (χ3v) is 4.68. The molecule has 0 saturated carbocycles. The van der Waals surface area contributed by atoms with E-state index in [1.54, 1.807) is 43.3 Å². The van der Waals surface area contributed by atoms with Crippen LogP contribution in [0.2, 0.25) is 0 Å². The van der Waals surface area contributed by atoms with E-state index in [-0.39, 0.29) is 5.78 Å². The number of carbonyl (C=O) groups excluding carboxylic acids is 2. The number of hydrogen-bond acceptors (Lipinski definition) is 8. The van der Waals surface area contributed by atoms with E-state index in [0.29, 0.717) is 45.4 Å². The van der Waals surface area contributed by atoms with E-state index in [1.807, 2.05) is 0 Å². The summed E-state index contributed by atoms with van der Waals surface area (Å²) in [6.45, 7) is 1.19. The fraction of sp³-hybridized carbons (Fsp3) is 0.304. The van der Waals surface area contributed by atoms with Gasteiger partial charge in [-0.25, -0.2) is 0 Å². The van der Waals surface area contributed by atoms with Crippen LogP contribution >= 0.6 is 0 Å². The predicted molar refractivity (Wildman–Crippen MR) is 121 cm³/mol. The Hall–Kier alpha value is -3.56. The molecule has 2 aromatic carbocycles. The summed E-state index contributed by atoms with van der Waals surface area (Å²) in [4.78, 5) is 25.1. The zero-order valence-corrected chi connectivity index (χ0v) is 18.7. The van der Waals surface area contributed by atoms with Crippen molar-refractivity contribution < 1.29 is 33.6 Å². The number of ether oxygens (including phenoxy) is 4. The molecular weight excluding hydrogens is 416 g/mol. The van der Waals surface area contributed by atoms with Crippen LogP contribution in [0.25, 0.3) is 6.08 Å². The topological polar surface area (TPSA) is 129 Å². The number of nitrogens with two attached hydrogens (primary N) is 1. The summed E-state index contributed by atoms with van der Waals surface area (Å²) in [5.41, 5.74) is 7.38. The van der Waals surface area contributed by atoms with Crippen molar-refractivity contribution in [3.8, 4) is 23.0 Å². The van der Waals surface area contributed by atoms with E-state index in [4.69, 9.17) is 29.8 Å². The van der Waals surface area contributed by atoms with Crippen LogP contribution in [0.1, 0.15) is 22.8 Å². The minimum Gasteiger partial charge on any atom is -0.495 e. The van der Waals surface area contributed by atoms with E-state index in [9.17, 15) is 9.59 Å². The van der Waals surface area contributed by atoms with Gasteiger partial charge in [-0.1, -0.05) is 6.07 Å². The fourth-order valence-electron chi connectivity index (χ4n) is 2.98. The highest BCUT2D eigenvalue weighted by Gasteiger charge is 2.18. The van der Waals surface area contributed by atoms with Gasteiger partial charge in [0.15, 0.2) is 17.3 Å². The van der Waals surface area contributed by atoms with Gasteiger partial charge in [0.05, 0.1) is 40.7 Å². The standard InChI is InChI=1S/C23H28N2O7/c1-13(21(27)15-10-19(30-3)22(32-5)20(11-15)31-4)8-14-6-7-18(29-2)17(9-14)25-23(28)16(24)12-26/h6-11,16,26H,12,24H2,1-5H3,(H,25,28)/t16-/m0/s1. The first-order chi connectivity index (χ1) is 15.3. The molecule has 0 bridgehead atoms. The van der Waals surface area contributed by atoms with Gasteiger partial charge in [0, 0.05) is 5.56 Å². The molecule has 2 aromatic rings. The molecule has 0 aliphatic rings. The lowest BCUT2D eigenvalue weighted by Gasteiger charge is -2.14. The van der Waals surface area contributed by atoms with Gasteiger partial charge in [-0.15, -0.1) is 0 Å². The van der Waals surface area contributed by atoms with E-state index < -0.39 is 18.6 Å². The summed E-state index contributed by atoms with van der Waals surface area (Å²) >= 11 is 0. The highest BCUT2D eigenvalue weighted by atomic mass is 16.5. The Balaban J connectivity index is 2.39. The number of aliphatic hydroxyl groups excluding tert-OH is 1. The van der Waals surface area contributed by atoms with Crippen LogP contribution < -0.4 is 30.0 Å². The van der Waals surface area contributed by atoms with Gasteiger partial charge in [0.25, 0.3) is 0 Å². The molecule has 9 nitrogen and oxygen atoms in total. The van der Waals surface area contributed by atoms with E-state index >= 15 is 0 Å². The van der Waals surface area contributed by atoms with Crippen molar-refractivity contribution in [2.45, 2.75) is 13.0 Å². The maximum absolute atomic E-state index is 13.0. The summed E-state index contributed by atoms with van der Waals surface area (Å²) in [5.74, 6) is 0.750. The number of carbonyl (C=O) groups is 2. The molecule has 0 fully saturated rings. The molecule has 0 aliphatic carbocycles. The van der Waals surface area contributed by atoms with Crippen LogP contribution in [0.3, 0.4) is 0 Å². The Morgan fingerprint density at radius 1 is 1.00 bits per heavy atom. The van der Waals surface area contributed by atoms with Crippen molar-refractivity contribution in [1.29, 1.82) is 0 Å². The number of nitrogens with one attached hydrogen (secondary N) is 1. The normalized spacial score (nSPS) is 12.0. The lowest BCUT2D eigenvalue weighted by molar-refractivity contribution is -0.118. The van der Waals surface area contributed by atoms with Gasteiger partial charge in [0.2, 0.25) is 11.7 Å². The summed E-state index contributed by atoms with van der Waals surface area (Å²) in [6.07, 6.45) is 1.67. The quantitative estimate of drug-likeness (QED) is 0.376. The van der Waals surface area contributed by atoms with Crippen molar-refractivity contribution in [2.75, 3.05) is 40.4 Å². The minimum atomic E-state index is -1.07. The Morgan fingerprint density at radius 3 is 2.09 bits per heavy atom. The third-order valence-electron chi connectivity index (χ3n) is 4.68. The van der Waals surface area contributed by atoms with Crippen LogP contribution in [-0.2, 0) is 4.79 Å². The van der Waals surface area contributed by atoms with E-state index in [0.717, 1.165) is 0 Å². The number of anilines is 1. The van der Waals surface area contributed by atoms with Gasteiger partial charge < -0.3 is 35.1 Å². The molecule has 0 spiro atoms. The number of allylic oxidation sites excluding steroid dienone is 1. The number of benzene rings is 2. The van der Waals surface area contributed by atoms with Crippen molar-refractivity contribution in [3.05, 3.63) is 47.0 Å². The fourth-order valence-corrected chi connectivity index (χ4v) is 2.98. The summed E-state index contributed by atoms with van der Waals surface area (Å²) < 4.78 is 21.2. The van der Waals surface area contributed by atoms with Gasteiger partial charge >= 0.3 is 0 Å². The molecule has 9 heteroatoms. The molecule has 1 amide bonds. The Labute approximate surface area is 186 Å². The van der Waals surface area contributed by atoms with Gasteiger partial charge in [0.1, 0.15) is 11.8 Å². The van der Waals surface area contributed by atoms with Crippen LogP contribution in [0.15, 0.2) is 35.9 Å². The van der Waals surface area contributed by atoms with Gasteiger partial charge in [-0.2, -0.15) is 0 Å². The number of Topliss-reactive ketones (excluding diaryl/α,β-unsaturated/α-hetero) is 1. The lowest BCUT2D eigenvalue weighted by atomic mass is 10.0. The number of amides is 1. The third kappa shape index (κ3) is 5.57.